The van der Waals surface area contributed by atoms with Crippen molar-refractivity contribution < 1.29 is 9.72 Å². The molecule has 0 bridgehead atoms. The summed E-state index contributed by atoms with van der Waals surface area (Å²) in [4.78, 5) is 22.5. The van der Waals surface area contributed by atoms with Crippen LogP contribution in [0.5, 0.6) is 0 Å². The van der Waals surface area contributed by atoms with Crippen LogP contribution in [-0.4, -0.2) is 22.3 Å². The van der Waals surface area contributed by atoms with E-state index in [1.54, 1.807) is 12.1 Å². The van der Waals surface area contributed by atoms with Crippen LogP contribution >= 0.6 is 23.5 Å². The number of benzene rings is 2. The number of hydrogen-bond acceptors (Lipinski definition) is 5. The third-order valence-corrected chi connectivity index (χ3v) is 6.89. The number of carbonyl (C=O) groups is 1. The third-order valence-electron chi connectivity index (χ3n) is 3.87. The Labute approximate surface area is 154 Å². The molecule has 1 aliphatic rings. The van der Waals surface area contributed by atoms with Crippen molar-refractivity contribution in [2.75, 3.05) is 11.5 Å². The highest BCUT2D eigenvalue weighted by molar-refractivity contribution is 8.16. The molecule has 1 N–H and O–H groups in total. The van der Waals surface area contributed by atoms with Crippen LogP contribution in [0, 0.1) is 10.1 Å². The Morgan fingerprint density at radius 3 is 2.32 bits per heavy atom. The van der Waals surface area contributed by atoms with Crippen molar-refractivity contribution in [3.05, 3.63) is 75.3 Å². The first-order valence-corrected chi connectivity index (χ1v) is 10.1. The highest BCUT2D eigenvalue weighted by atomic mass is 32.2. The smallest absolute Gasteiger partial charge is 0.269 e. The molecule has 2 aromatic rings. The Morgan fingerprint density at radius 1 is 1.08 bits per heavy atom. The van der Waals surface area contributed by atoms with Gasteiger partial charge in [0.25, 0.3) is 11.6 Å². The van der Waals surface area contributed by atoms with E-state index in [1.807, 2.05) is 47.8 Å². The molecule has 1 saturated heterocycles. The van der Waals surface area contributed by atoms with Crippen molar-refractivity contribution in [1.82, 2.24) is 5.32 Å². The molecule has 1 amide bonds. The maximum absolute atomic E-state index is 12.3. The van der Waals surface area contributed by atoms with Crippen LogP contribution in [-0.2, 0) is 6.54 Å². The van der Waals surface area contributed by atoms with Crippen molar-refractivity contribution >= 4 is 35.1 Å². The van der Waals surface area contributed by atoms with E-state index in [0.29, 0.717) is 16.7 Å². The second kappa shape index (κ2) is 8.40. The first-order chi connectivity index (χ1) is 12.1. The zero-order chi connectivity index (χ0) is 17.6. The Bertz CT molecular complexity index is 742. The summed E-state index contributed by atoms with van der Waals surface area (Å²) in [5.74, 6) is 2.23. The van der Waals surface area contributed by atoms with E-state index in [2.05, 4.69) is 5.32 Å². The molecule has 0 radical (unpaired) electrons. The van der Waals surface area contributed by atoms with E-state index >= 15 is 0 Å². The van der Waals surface area contributed by atoms with E-state index in [9.17, 15) is 14.9 Å². The predicted molar refractivity (Wildman–Crippen MR) is 103 cm³/mol. The quantitative estimate of drug-likeness (QED) is 0.620. The van der Waals surface area contributed by atoms with Crippen LogP contribution in [0.15, 0.2) is 48.5 Å². The molecule has 0 saturated carbocycles. The Hall–Kier alpha value is -1.99. The Balaban J connectivity index is 1.56. The number of rotatable bonds is 5. The number of nitro groups is 1. The maximum atomic E-state index is 12.3. The number of nitrogens with zero attached hydrogens (tertiary/aromatic N) is 1. The van der Waals surface area contributed by atoms with Gasteiger partial charge in [-0.25, -0.2) is 0 Å². The molecule has 5 nitrogen and oxygen atoms in total. The minimum Gasteiger partial charge on any atom is -0.348 e. The van der Waals surface area contributed by atoms with Gasteiger partial charge in [0.1, 0.15) is 0 Å². The van der Waals surface area contributed by atoms with Gasteiger partial charge in [0.2, 0.25) is 0 Å². The number of non-ortho nitro benzene ring substituents is 1. The molecule has 0 spiro atoms. The molecule has 1 aliphatic heterocycles. The van der Waals surface area contributed by atoms with E-state index in [0.717, 1.165) is 5.56 Å². The highest BCUT2D eigenvalue weighted by Crippen LogP contribution is 2.43. The van der Waals surface area contributed by atoms with Gasteiger partial charge in [-0.3, -0.25) is 14.9 Å². The summed E-state index contributed by atoms with van der Waals surface area (Å²) < 4.78 is 0.464. The molecule has 1 fully saturated rings. The fourth-order valence-electron chi connectivity index (χ4n) is 2.49. The summed E-state index contributed by atoms with van der Waals surface area (Å²) in [5, 5.41) is 13.5. The van der Waals surface area contributed by atoms with Gasteiger partial charge >= 0.3 is 0 Å². The molecule has 2 aromatic carbocycles. The van der Waals surface area contributed by atoms with Crippen LogP contribution in [0.2, 0.25) is 0 Å². The molecule has 3 rings (SSSR count). The van der Waals surface area contributed by atoms with Gasteiger partial charge in [0, 0.05) is 24.2 Å². The van der Waals surface area contributed by atoms with Gasteiger partial charge < -0.3 is 5.32 Å². The van der Waals surface area contributed by atoms with Crippen LogP contribution in [0.3, 0.4) is 0 Å². The molecular weight excluding hydrogens is 356 g/mol. The molecule has 0 atom stereocenters. The van der Waals surface area contributed by atoms with Gasteiger partial charge in [-0.1, -0.05) is 24.3 Å². The standard InChI is InChI=1S/C18H18N2O3S2/c21-17(19-12-13-2-8-16(9-3-13)20(22)23)14-4-6-15(7-5-14)18-24-10-1-11-25-18/h2-9,18H,1,10-12H2,(H,19,21). The van der Waals surface area contributed by atoms with Gasteiger partial charge in [-0.2, -0.15) is 0 Å². The average molecular weight is 374 g/mol. The lowest BCUT2D eigenvalue weighted by Gasteiger charge is -2.21. The number of amides is 1. The van der Waals surface area contributed by atoms with Crippen LogP contribution in [0.25, 0.3) is 0 Å². The molecular formula is C18H18N2O3S2. The molecule has 0 aliphatic carbocycles. The van der Waals surface area contributed by atoms with Gasteiger partial charge in [-0.05, 0) is 41.2 Å². The van der Waals surface area contributed by atoms with Gasteiger partial charge in [-0.15, -0.1) is 23.5 Å². The number of hydrogen-bond donors (Lipinski definition) is 1. The van der Waals surface area contributed by atoms with Gasteiger partial charge in [0.05, 0.1) is 9.51 Å². The second-order valence-electron chi connectivity index (χ2n) is 5.66. The largest absolute Gasteiger partial charge is 0.348 e. The molecule has 1 heterocycles. The zero-order valence-corrected chi connectivity index (χ0v) is 15.1. The maximum Gasteiger partial charge on any atom is 0.269 e. The van der Waals surface area contributed by atoms with E-state index in [-0.39, 0.29) is 11.6 Å². The minimum atomic E-state index is -0.438. The molecule has 0 aromatic heterocycles. The summed E-state index contributed by atoms with van der Waals surface area (Å²) in [6.45, 7) is 0.340. The van der Waals surface area contributed by atoms with Crippen LogP contribution in [0.1, 0.15) is 32.5 Å². The summed E-state index contributed by atoms with van der Waals surface area (Å²) in [6.07, 6.45) is 1.26. The summed E-state index contributed by atoms with van der Waals surface area (Å²) in [6, 6.07) is 13.9. The third kappa shape index (κ3) is 4.76. The van der Waals surface area contributed by atoms with E-state index in [4.69, 9.17) is 0 Å². The summed E-state index contributed by atoms with van der Waals surface area (Å²) in [7, 11) is 0. The minimum absolute atomic E-state index is 0.0455. The summed E-state index contributed by atoms with van der Waals surface area (Å²) in [5.41, 5.74) is 2.74. The lowest BCUT2D eigenvalue weighted by molar-refractivity contribution is -0.384. The molecule has 130 valence electrons. The number of carbonyl (C=O) groups excluding carboxylic acids is 1. The topological polar surface area (TPSA) is 72.2 Å². The Morgan fingerprint density at radius 2 is 1.72 bits per heavy atom. The zero-order valence-electron chi connectivity index (χ0n) is 13.5. The van der Waals surface area contributed by atoms with Crippen molar-refractivity contribution in [2.24, 2.45) is 0 Å². The van der Waals surface area contributed by atoms with Crippen molar-refractivity contribution in [1.29, 1.82) is 0 Å². The van der Waals surface area contributed by atoms with E-state index < -0.39 is 4.92 Å². The first-order valence-electron chi connectivity index (χ1n) is 7.98. The van der Waals surface area contributed by atoms with E-state index in [1.165, 1.54) is 35.6 Å². The highest BCUT2D eigenvalue weighted by Gasteiger charge is 2.17. The van der Waals surface area contributed by atoms with Crippen molar-refractivity contribution in [3.8, 4) is 0 Å². The monoisotopic (exact) mass is 374 g/mol. The summed E-state index contributed by atoms with van der Waals surface area (Å²) >= 11 is 3.91. The number of nitrogens with one attached hydrogen (secondary N) is 1. The SMILES string of the molecule is O=C(NCc1ccc([N+](=O)[O-])cc1)c1ccc(C2SCCCS2)cc1. The molecule has 0 unspecified atom stereocenters. The number of thioether (sulfide) groups is 2. The van der Waals surface area contributed by atoms with Crippen LogP contribution < -0.4 is 5.32 Å². The fourth-order valence-corrected chi connectivity index (χ4v) is 5.39. The van der Waals surface area contributed by atoms with Crippen LogP contribution in [0.4, 0.5) is 5.69 Å². The molecule has 25 heavy (non-hydrogen) atoms. The second-order valence-corrected chi connectivity index (χ2v) is 8.38. The van der Waals surface area contributed by atoms with Crippen molar-refractivity contribution in [3.63, 3.8) is 0 Å². The lowest BCUT2D eigenvalue weighted by Crippen LogP contribution is -2.22. The first kappa shape index (κ1) is 17.8. The predicted octanol–water partition coefficient (Wildman–Crippen LogP) is 4.39. The number of nitro benzene ring substituents is 1. The normalized spacial score (nSPS) is 14.9. The van der Waals surface area contributed by atoms with Gasteiger partial charge in [0.15, 0.2) is 0 Å². The Kier molecular flexibility index (Phi) is 5.99. The average Bonchev–Trinajstić information content (AvgIpc) is 2.67. The van der Waals surface area contributed by atoms with Crippen molar-refractivity contribution in [2.45, 2.75) is 17.5 Å². The molecule has 7 heteroatoms. The lowest BCUT2D eigenvalue weighted by atomic mass is 10.1. The fraction of sp³-hybridized carbons (Fsp3) is 0.278.